The van der Waals surface area contributed by atoms with Crippen molar-refractivity contribution >= 4 is 18.3 Å². The van der Waals surface area contributed by atoms with Crippen molar-refractivity contribution < 1.29 is 9.53 Å². The maximum atomic E-state index is 12.0. The van der Waals surface area contributed by atoms with Gasteiger partial charge in [-0.05, 0) is 37.6 Å². The van der Waals surface area contributed by atoms with Crippen LogP contribution in [0.3, 0.4) is 0 Å². The highest BCUT2D eigenvalue weighted by Gasteiger charge is 2.23. The van der Waals surface area contributed by atoms with Crippen molar-refractivity contribution in [3.63, 3.8) is 0 Å². The van der Waals surface area contributed by atoms with Crippen LogP contribution in [0.5, 0.6) is 5.75 Å². The van der Waals surface area contributed by atoms with Crippen LogP contribution in [0.4, 0.5) is 0 Å². The molecule has 1 aromatic rings. The second-order valence-corrected chi connectivity index (χ2v) is 4.76. The van der Waals surface area contributed by atoms with Gasteiger partial charge in [0.2, 0.25) is 0 Å². The van der Waals surface area contributed by atoms with Gasteiger partial charge in [0, 0.05) is 19.6 Å². The first-order valence-electron chi connectivity index (χ1n) is 6.32. The summed E-state index contributed by atoms with van der Waals surface area (Å²) in [4.78, 5) is 13.7. The number of carbonyl (C=O) groups is 1. The number of amides is 1. The molecule has 1 heterocycles. The third-order valence-corrected chi connectivity index (χ3v) is 3.33. The van der Waals surface area contributed by atoms with E-state index in [1.54, 1.807) is 4.90 Å². The fourth-order valence-corrected chi connectivity index (χ4v) is 2.13. The van der Waals surface area contributed by atoms with Gasteiger partial charge >= 0.3 is 0 Å². The van der Waals surface area contributed by atoms with Crippen LogP contribution in [0.15, 0.2) is 24.3 Å². The Morgan fingerprint density at radius 3 is 2.95 bits per heavy atom. The molecule has 0 saturated carbocycles. The van der Waals surface area contributed by atoms with E-state index in [4.69, 9.17) is 4.74 Å². The summed E-state index contributed by atoms with van der Waals surface area (Å²) in [6.07, 6.45) is 1.02. The molecule has 106 valence electrons. The van der Waals surface area contributed by atoms with Crippen molar-refractivity contribution in [2.45, 2.75) is 19.4 Å². The molecule has 1 unspecified atom stereocenters. The van der Waals surface area contributed by atoms with Crippen LogP contribution < -0.4 is 10.1 Å². The minimum atomic E-state index is 0. The maximum absolute atomic E-state index is 12.0. The van der Waals surface area contributed by atoms with E-state index >= 15 is 0 Å². The monoisotopic (exact) mass is 284 g/mol. The van der Waals surface area contributed by atoms with Crippen molar-refractivity contribution in [2.75, 3.05) is 26.7 Å². The van der Waals surface area contributed by atoms with Crippen molar-refractivity contribution in [3.05, 3.63) is 29.8 Å². The lowest BCUT2D eigenvalue weighted by Crippen LogP contribution is -2.40. The fraction of sp³-hybridized carbons (Fsp3) is 0.500. The lowest BCUT2D eigenvalue weighted by Gasteiger charge is -2.23. The maximum Gasteiger partial charge on any atom is 0.260 e. The van der Waals surface area contributed by atoms with Gasteiger partial charge in [0.25, 0.3) is 5.91 Å². The van der Waals surface area contributed by atoms with E-state index in [0.29, 0.717) is 6.04 Å². The number of hydrogen-bond acceptors (Lipinski definition) is 3. The second-order valence-electron chi connectivity index (χ2n) is 4.76. The first-order valence-corrected chi connectivity index (χ1v) is 6.32. The number of aryl methyl sites for hydroxylation is 1. The highest BCUT2D eigenvalue weighted by Crippen LogP contribution is 2.13. The molecule has 1 aromatic carbocycles. The lowest BCUT2D eigenvalue weighted by atomic mass is 10.2. The van der Waals surface area contributed by atoms with Crippen LogP contribution in [0.1, 0.15) is 12.0 Å². The summed E-state index contributed by atoms with van der Waals surface area (Å²) < 4.78 is 5.52. The van der Waals surface area contributed by atoms with Crippen LogP contribution in [0.2, 0.25) is 0 Å². The molecule has 1 aliphatic rings. The number of nitrogens with one attached hydrogen (secondary N) is 1. The molecule has 0 aromatic heterocycles. The van der Waals surface area contributed by atoms with Gasteiger partial charge < -0.3 is 15.0 Å². The molecule has 0 aliphatic carbocycles. The Morgan fingerprint density at radius 1 is 1.53 bits per heavy atom. The quantitative estimate of drug-likeness (QED) is 0.913. The number of hydrogen-bond donors (Lipinski definition) is 1. The van der Waals surface area contributed by atoms with Crippen LogP contribution in [0, 0.1) is 6.92 Å². The van der Waals surface area contributed by atoms with Gasteiger partial charge in [-0.15, -0.1) is 12.4 Å². The van der Waals surface area contributed by atoms with E-state index in [0.717, 1.165) is 30.8 Å². The Bertz CT molecular complexity index is 420. The largest absolute Gasteiger partial charge is 0.484 e. The average Bonchev–Trinajstić information content (AvgIpc) is 2.89. The van der Waals surface area contributed by atoms with Crippen molar-refractivity contribution in [2.24, 2.45) is 0 Å². The van der Waals surface area contributed by atoms with E-state index in [1.807, 2.05) is 38.2 Å². The molecule has 1 saturated heterocycles. The molecule has 1 fully saturated rings. The summed E-state index contributed by atoms with van der Waals surface area (Å²) in [5.41, 5.74) is 1.13. The van der Waals surface area contributed by atoms with Crippen LogP contribution >= 0.6 is 12.4 Å². The zero-order valence-electron chi connectivity index (χ0n) is 11.4. The molecular weight excluding hydrogens is 264 g/mol. The Labute approximate surface area is 120 Å². The average molecular weight is 285 g/mol. The van der Waals surface area contributed by atoms with Gasteiger partial charge in [0.15, 0.2) is 6.61 Å². The van der Waals surface area contributed by atoms with Gasteiger partial charge in [-0.1, -0.05) is 12.1 Å². The molecule has 1 N–H and O–H groups in total. The summed E-state index contributed by atoms with van der Waals surface area (Å²) in [5.74, 6) is 0.784. The third kappa shape index (κ3) is 4.40. The molecule has 19 heavy (non-hydrogen) atoms. The minimum absolute atomic E-state index is 0. The number of rotatable bonds is 4. The van der Waals surface area contributed by atoms with Gasteiger partial charge in [-0.3, -0.25) is 4.79 Å². The Morgan fingerprint density at radius 2 is 2.32 bits per heavy atom. The Kier molecular flexibility index (Phi) is 6.12. The van der Waals surface area contributed by atoms with Crippen LogP contribution in [-0.4, -0.2) is 43.6 Å². The molecule has 4 nitrogen and oxygen atoms in total. The number of ether oxygens (including phenoxy) is 1. The second kappa shape index (κ2) is 7.36. The third-order valence-electron chi connectivity index (χ3n) is 3.33. The highest BCUT2D eigenvalue weighted by atomic mass is 35.5. The number of likely N-dealkylation sites (N-methyl/N-ethyl adjacent to an activating group) is 1. The Hall–Kier alpha value is -1.26. The van der Waals surface area contributed by atoms with Crippen molar-refractivity contribution in [3.8, 4) is 5.75 Å². The van der Waals surface area contributed by atoms with Gasteiger partial charge in [-0.25, -0.2) is 0 Å². The first-order chi connectivity index (χ1) is 8.66. The van der Waals surface area contributed by atoms with E-state index in [2.05, 4.69) is 5.32 Å². The van der Waals surface area contributed by atoms with Crippen LogP contribution in [0.25, 0.3) is 0 Å². The standard InChI is InChI=1S/C14H20N2O2.ClH/c1-11-4-3-5-13(8-11)18-10-14(17)16(2)12-6-7-15-9-12;/h3-5,8,12,15H,6-7,9-10H2,1-2H3;1H. The van der Waals surface area contributed by atoms with E-state index in [-0.39, 0.29) is 24.9 Å². The minimum Gasteiger partial charge on any atom is -0.484 e. The zero-order chi connectivity index (χ0) is 13.0. The summed E-state index contributed by atoms with van der Waals surface area (Å²) in [5, 5.41) is 3.25. The molecule has 1 amide bonds. The van der Waals surface area contributed by atoms with Gasteiger partial charge in [0.1, 0.15) is 5.75 Å². The molecule has 1 atom stereocenters. The fourth-order valence-electron chi connectivity index (χ4n) is 2.13. The van der Waals surface area contributed by atoms with E-state index in [1.165, 1.54) is 0 Å². The summed E-state index contributed by atoms with van der Waals surface area (Å²) in [6.45, 7) is 3.98. The first kappa shape index (κ1) is 15.8. The summed E-state index contributed by atoms with van der Waals surface area (Å²) in [6, 6.07) is 8.05. The van der Waals surface area contributed by atoms with E-state index in [9.17, 15) is 4.79 Å². The molecule has 0 spiro atoms. The number of carbonyl (C=O) groups excluding carboxylic acids is 1. The van der Waals surface area contributed by atoms with E-state index < -0.39 is 0 Å². The predicted molar refractivity (Wildman–Crippen MR) is 78.0 cm³/mol. The molecule has 0 radical (unpaired) electrons. The van der Waals surface area contributed by atoms with Gasteiger partial charge in [-0.2, -0.15) is 0 Å². The predicted octanol–water partition coefficient (Wildman–Crippen LogP) is 1.62. The summed E-state index contributed by atoms with van der Waals surface area (Å²) in [7, 11) is 1.85. The smallest absolute Gasteiger partial charge is 0.260 e. The molecular formula is C14H21ClN2O2. The molecule has 5 heteroatoms. The molecule has 0 bridgehead atoms. The van der Waals surface area contributed by atoms with Crippen molar-refractivity contribution in [1.29, 1.82) is 0 Å². The number of halogens is 1. The number of benzene rings is 1. The molecule has 2 rings (SSSR count). The van der Waals surface area contributed by atoms with Crippen LogP contribution in [-0.2, 0) is 4.79 Å². The normalized spacial score (nSPS) is 17.7. The highest BCUT2D eigenvalue weighted by molar-refractivity contribution is 5.85. The van der Waals surface area contributed by atoms with Crippen molar-refractivity contribution in [1.82, 2.24) is 10.2 Å². The summed E-state index contributed by atoms with van der Waals surface area (Å²) >= 11 is 0. The molecule has 1 aliphatic heterocycles. The topological polar surface area (TPSA) is 41.6 Å². The zero-order valence-corrected chi connectivity index (χ0v) is 12.2. The number of nitrogens with zero attached hydrogens (tertiary/aromatic N) is 1. The Balaban J connectivity index is 0.00000180. The SMILES string of the molecule is Cc1cccc(OCC(=O)N(C)C2CCNC2)c1.Cl. The van der Waals surface area contributed by atoms with Gasteiger partial charge in [0.05, 0.1) is 0 Å². The lowest BCUT2D eigenvalue weighted by molar-refractivity contribution is -0.133.